The lowest BCUT2D eigenvalue weighted by molar-refractivity contribution is 0.0951. The first-order valence-corrected chi connectivity index (χ1v) is 13.2. The lowest BCUT2D eigenvalue weighted by Crippen LogP contribution is -2.26. The number of anilines is 2. The Bertz CT molecular complexity index is 1770. The normalized spacial score (nSPS) is 12.3. The van der Waals surface area contributed by atoms with Gasteiger partial charge in [-0.2, -0.15) is 4.98 Å². The third-order valence-corrected chi connectivity index (χ3v) is 6.55. The van der Waals surface area contributed by atoms with Gasteiger partial charge in [-0.25, -0.2) is 15.0 Å². The van der Waals surface area contributed by atoms with Crippen LogP contribution in [-0.2, 0) is 6.42 Å². The summed E-state index contributed by atoms with van der Waals surface area (Å²) >= 11 is 0. The first-order chi connectivity index (χ1) is 19.9. The van der Waals surface area contributed by atoms with Gasteiger partial charge < -0.3 is 21.5 Å². The molecule has 1 aliphatic carbocycles. The smallest absolute Gasteiger partial charge is 0.266 e. The number of benzene rings is 2. The Morgan fingerprint density at radius 1 is 1.05 bits per heavy atom. The molecule has 6 rings (SSSR count). The van der Waals surface area contributed by atoms with Gasteiger partial charge in [0.15, 0.2) is 0 Å². The van der Waals surface area contributed by atoms with Crippen LogP contribution in [0.3, 0.4) is 0 Å². The van der Waals surface area contributed by atoms with Gasteiger partial charge in [0.25, 0.3) is 11.5 Å². The van der Waals surface area contributed by atoms with Gasteiger partial charge in [-0.1, -0.05) is 37.3 Å². The number of hydrogen-bond donors (Lipinski definition) is 3. The molecule has 3 aromatic heterocycles. The topological polar surface area (TPSA) is 164 Å². The second-order valence-electron chi connectivity index (χ2n) is 9.42. The summed E-state index contributed by atoms with van der Waals surface area (Å²) in [5, 5.41) is 3.38. The van der Waals surface area contributed by atoms with Gasteiger partial charge in [-0.15, -0.1) is 0 Å². The minimum atomic E-state index is -0.231. The van der Waals surface area contributed by atoms with E-state index in [1.165, 1.54) is 6.20 Å². The van der Waals surface area contributed by atoms with Crippen LogP contribution < -0.4 is 27.1 Å². The number of aromatic nitrogens is 5. The zero-order valence-corrected chi connectivity index (χ0v) is 22.7. The van der Waals surface area contributed by atoms with E-state index in [0.29, 0.717) is 29.2 Å². The number of pyridine rings is 1. The number of carbonyl (C=O) groups excluding carboxylic acids is 1. The van der Waals surface area contributed by atoms with Crippen LogP contribution >= 0.6 is 0 Å². The Morgan fingerprint density at radius 2 is 1.83 bits per heavy atom. The number of nitrogens with zero attached hydrogens (tertiary/aromatic N) is 5. The van der Waals surface area contributed by atoms with E-state index in [4.69, 9.17) is 21.2 Å². The number of fused-ring (bicyclic) bond motifs is 1. The van der Waals surface area contributed by atoms with Gasteiger partial charge in [0.05, 0.1) is 29.3 Å². The van der Waals surface area contributed by atoms with Gasteiger partial charge in [-0.05, 0) is 48.2 Å². The van der Waals surface area contributed by atoms with Crippen LogP contribution in [0.4, 0.5) is 11.8 Å². The maximum absolute atomic E-state index is 13.5. The maximum atomic E-state index is 13.5. The van der Waals surface area contributed by atoms with E-state index >= 15 is 0 Å². The fourth-order valence-corrected chi connectivity index (χ4v) is 4.36. The van der Waals surface area contributed by atoms with E-state index in [-0.39, 0.29) is 28.8 Å². The van der Waals surface area contributed by atoms with Gasteiger partial charge in [-0.3, -0.25) is 14.2 Å². The van der Waals surface area contributed by atoms with E-state index < -0.39 is 0 Å². The third kappa shape index (κ3) is 5.98. The zero-order chi connectivity index (χ0) is 28.9. The number of ether oxygens (including phenoxy) is 1. The number of amides is 1. The molecule has 1 aliphatic rings. The van der Waals surface area contributed by atoms with Crippen LogP contribution in [0.2, 0.25) is 0 Å². The first kappa shape index (κ1) is 27.3. The molecule has 0 bridgehead atoms. The molecule has 5 N–H and O–H groups in total. The summed E-state index contributed by atoms with van der Waals surface area (Å²) in [7, 11) is 1.58. The minimum absolute atomic E-state index is 0.0745. The van der Waals surface area contributed by atoms with Crippen molar-refractivity contribution in [2.45, 2.75) is 32.2 Å². The maximum Gasteiger partial charge on any atom is 0.266 e. The van der Waals surface area contributed by atoms with Crippen LogP contribution in [-0.4, -0.2) is 43.6 Å². The average Bonchev–Trinajstić information content (AvgIpc) is 3.81. The summed E-state index contributed by atoms with van der Waals surface area (Å²) in [5.74, 6) is 1.21. The second kappa shape index (κ2) is 11.8. The molecule has 208 valence electrons. The van der Waals surface area contributed by atoms with E-state index in [1.807, 2.05) is 67.6 Å². The van der Waals surface area contributed by atoms with Crippen molar-refractivity contribution in [3.05, 3.63) is 94.8 Å². The SMILES string of the molecule is CCc1nc2cccc(-c3ccnc(OC)c3)c2c(=O)n1-c1ccccc1.Nc1ncc(C(=O)NC2CC2)c(N)n1. The van der Waals surface area contributed by atoms with E-state index in [0.717, 1.165) is 35.5 Å². The molecule has 1 fully saturated rings. The van der Waals surface area contributed by atoms with Crippen LogP contribution in [0.15, 0.2) is 77.9 Å². The van der Waals surface area contributed by atoms with E-state index in [1.54, 1.807) is 17.9 Å². The monoisotopic (exact) mass is 550 g/mol. The van der Waals surface area contributed by atoms with Gasteiger partial charge in [0.2, 0.25) is 11.8 Å². The molecule has 5 aromatic rings. The largest absolute Gasteiger partial charge is 0.481 e. The fourth-order valence-electron chi connectivity index (χ4n) is 4.36. The van der Waals surface area contributed by atoms with Crippen LogP contribution in [0, 0.1) is 0 Å². The molecular weight excluding hydrogens is 520 g/mol. The summed E-state index contributed by atoms with van der Waals surface area (Å²) in [6.45, 7) is 2.00. The van der Waals surface area contributed by atoms with Crippen molar-refractivity contribution in [3.63, 3.8) is 0 Å². The standard InChI is InChI=1S/C22H19N3O2.C8H11N5O/c1-3-19-24-18-11-7-10-17(15-12-13-23-20(14-15)27-2)21(18)22(26)25(19)16-8-5-4-6-9-16;9-6-5(3-11-8(10)13-6)7(14)12-4-1-2-4/h4-14H,3H2,1-2H3;3-4H,1-2H2,(H,12,14)(H4,9,10,11,13). The van der Waals surface area contributed by atoms with Crippen molar-refractivity contribution in [2.75, 3.05) is 18.6 Å². The number of rotatable bonds is 6. The van der Waals surface area contributed by atoms with Crippen molar-refractivity contribution in [1.82, 2.24) is 29.8 Å². The lowest BCUT2D eigenvalue weighted by Gasteiger charge is -2.14. The second-order valence-corrected chi connectivity index (χ2v) is 9.42. The van der Waals surface area contributed by atoms with Gasteiger partial charge in [0, 0.05) is 30.9 Å². The number of nitrogen functional groups attached to an aromatic ring is 2. The van der Waals surface area contributed by atoms with Crippen molar-refractivity contribution in [1.29, 1.82) is 0 Å². The third-order valence-electron chi connectivity index (χ3n) is 6.55. The summed E-state index contributed by atoms with van der Waals surface area (Å²) in [6.07, 6.45) is 5.74. The number of para-hydroxylation sites is 1. The van der Waals surface area contributed by atoms with Crippen LogP contribution in [0.5, 0.6) is 5.88 Å². The van der Waals surface area contributed by atoms with Gasteiger partial charge >= 0.3 is 0 Å². The molecule has 0 atom stereocenters. The molecule has 11 nitrogen and oxygen atoms in total. The van der Waals surface area contributed by atoms with E-state index in [9.17, 15) is 9.59 Å². The van der Waals surface area contributed by atoms with Crippen molar-refractivity contribution < 1.29 is 9.53 Å². The first-order valence-electron chi connectivity index (χ1n) is 13.2. The predicted octanol–water partition coefficient (Wildman–Crippen LogP) is 3.55. The molecule has 41 heavy (non-hydrogen) atoms. The minimum Gasteiger partial charge on any atom is -0.481 e. The van der Waals surface area contributed by atoms with Crippen LogP contribution in [0.1, 0.15) is 35.9 Å². The summed E-state index contributed by atoms with van der Waals surface area (Å²) < 4.78 is 6.94. The molecule has 1 saturated carbocycles. The summed E-state index contributed by atoms with van der Waals surface area (Å²) in [5.41, 5.74) is 14.2. The molecule has 1 amide bonds. The molecule has 3 heterocycles. The molecule has 0 radical (unpaired) electrons. The molecule has 2 aromatic carbocycles. The molecule has 11 heteroatoms. The molecule has 0 saturated heterocycles. The summed E-state index contributed by atoms with van der Waals surface area (Å²) in [6, 6.07) is 19.3. The Hall–Kier alpha value is -5.32. The predicted molar refractivity (Wildman–Crippen MR) is 158 cm³/mol. The Balaban J connectivity index is 0.000000202. The van der Waals surface area contributed by atoms with Crippen molar-refractivity contribution in [3.8, 4) is 22.7 Å². The highest BCUT2D eigenvalue weighted by atomic mass is 16.5. The van der Waals surface area contributed by atoms with Crippen LogP contribution in [0.25, 0.3) is 27.7 Å². The number of methoxy groups -OCH3 is 1. The Morgan fingerprint density at radius 3 is 2.51 bits per heavy atom. The molecular formula is C30H30N8O3. The fraction of sp³-hybridized carbons (Fsp3) is 0.200. The Kier molecular flexibility index (Phi) is 7.86. The van der Waals surface area contributed by atoms with E-state index in [2.05, 4.69) is 20.3 Å². The molecule has 0 spiro atoms. The zero-order valence-electron chi connectivity index (χ0n) is 22.7. The van der Waals surface area contributed by atoms with Crippen molar-refractivity contribution in [2.24, 2.45) is 0 Å². The highest BCUT2D eigenvalue weighted by molar-refractivity contribution is 5.98. The number of nitrogens with one attached hydrogen (secondary N) is 1. The van der Waals surface area contributed by atoms with Crippen molar-refractivity contribution >= 4 is 28.6 Å². The number of hydrogen-bond acceptors (Lipinski definition) is 9. The lowest BCUT2D eigenvalue weighted by atomic mass is 10.0. The highest BCUT2D eigenvalue weighted by Crippen LogP contribution is 2.28. The molecule has 0 aliphatic heterocycles. The summed E-state index contributed by atoms with van der Waals surface area (Å²) in [4.78, 5) is 41.4. The average molecular weight is 551 g/mol. The highest BCUT2D eigenvalue weighted by Gasteiger charge is 2.25. The molecule has 0 unspecified atom stereocenters. The van der Waals surface area contributed by atoms with Gasteiger partial charge in [0.1, 0.15) is 11.6 Å². The Labute approximate surface area is 236 Å². The quantitative estimate of drug-likeness (QED) is 0.287. The number of nitrogens with two attached hydrogens (primary N) is 2. The number of carbonyl (C=O) groups is 1. The number of aryl methyl sites for hydroxylation is 1.